The lowest BCUT2D eigenvalue weighted by Crippen LogP contribution is -2.27. The first kappa shape index (κ1) is 20.2. The highest BCUT2D eigenvalue weighted by molar-refractivity contribution is 7.03. The van der Waals surface area contributed by atoms with Gasteiger partial charge < -0.3 is 14.8 Å². The number of nitrogens with zero attached hydrogens (tertiary/aromatic N) is 4. The minimum Gasteiger partial charge on any atom is -0.477 e. The Hall–Kier alpha value is -2.72. The monoisotopic (exact) mass is 442 g/mol. The first-order chi connectivity index (χ1) is 15.1. The molecule has 0 aliphatic heterocycles. The van der Waals surface area contributed by atoms with Gasteiger partial charge in [-0.05, 0) is 55.1 Å². The van der Waals surface area contributed by atoms with Crippen molar-refractivity contribution in [3.63, 3.8) is 0 Å². The molecule has 0 aromatic carbocycles. The first-order valence-corrected chi connectivity index (χ1v) is 11.4. The summed E-state index contributed by atoms with van der Waals surface area (Å²) in [7, 11) is 3.33. The summed E-state index contributed by atoms with van der Waals surface area (Å²) in [6.07, 6.45) is 4.60. The summed E-state index contributed by atoms with van der Waals surface area (Å²) in [6, 6.07) is 3.64. The molecule has 9 nitrogen and oxygen atoms in total. The summed E-state index contributed by atoms with van der Waals surface area (Å²) in [5.41, 5.74) is 3.51. The van der Waals surface area contributed by atoms with Gasteiger partial charge in [-0.1, -0.05) is 0 Å². The van der Waals surface area contributed by atoms with Gasteiger partial charge in [0.2, 0.25) is 5.88 Å². The van der Waals surface area contributed by atoms with Crippen LogP contribution >= 0.6 is 11.5 Å². The van der Waals surface area contributed by atoms with Gasteiger partial charge in [-0.15, -0.1) is 0 Å². The molecule has 2 fully saturated rings. The van der Waals surface area contributed by atoms with Crippen LogP contribution in [0.2, 0.25) is 0 Å². The Morgan fingerprint density at radius 3 is 2.94 bits per heavy atom. The SMILES string of the molecule is COCc1cc(C(=O)Nc2cc([C@H]3C[C@@H](COc4nscc4C4CC4)C3)[nH]n2)n(C)n1. The van der Waals surface area contributed by atoms with Gasteiger partial charge in [0.1, 0.15) is 5.69 Å². The fraction of sp³-hybridized carbons (Fsp3) is 0.524. The number of hydrogen-bond acceptors (Lipinski definition) is 7. The molecular weight excluding hydrogens is 416 g/mol. The van der Waals surface area contributed by atoms with Crippen molar-refractivity contribution in [2.45, 2.75) is 44.1 Å². The molecule has 3 heterocycles. The number of carbonyl (C=O) groups excluding carboxylic acids is 1. The fourth-order valence-electron chi connectivity index (χ4n) is 4.08. The van der Waals surface area contributed by atoms with Gasteiger partial charge in [0.05, 0.1) is 18.9 Å². The number of rotatable bonds is 9. The molecule has 10 heteroatoms. The predicted molar refractivity (Wildman–Crippen MR) is 116 cm³/mol. The van der Waals surface area contributed by atoms with E-state index in [-0.39, 0.29) is 5.91 Å². The maximum absolute atomic E-state index is 12.6. The molecule has 0 atom stereocenters. The quantitative estimate of drug-likeness (QED) is 0.526. The lowest BCUT2D eigenvalue weighted by atomic mass is 9.74. The van der Waals surface area contributed by atoms with Crippen LogP contribution in [0.15, 0.2) is 17.5 Å². The summed E-state index contributed by atoms with van der Waals surface area (Å²) in [6.45, 7) is 1.08. The van der Waals surface area contributed by atoms with Crippen molar-refractivity contribution in [1.82, 2.24) is 24.4 Å². The molecule has 0 bridgehead atoms. The molecule has 0 radical (unpaired) electrons. The second-order valence-corrected chi connectivity index (χ2v) is 9.06. The number of methoxy groups -OCH3 is 1. The van der Waals surface area contributed by atoms with E-state index < -0.39 is 0 Å². The number of hydrogen-bond donors (Lipinski definition) is 2. The topological polar surface area (TPSA) is 107 Å². The van der Waals surface area contributed by atoms with E-state index >= 15 is 0 Å². The molecule has 0 saturated heterocycles. The van der Waals surface area contributed by atoms with Crippen molar-refractivity contribution in [3.8, 4) is 5.88 Å². The maximum Gasteiger partial charge on any atom is 0.275 e. The molecule has 0 spiro atoms. The minimum atomic E-state index is -0.245. The van der Waals surface area contributed by atoms with Gasteiger partial charge in [0.25, 0.3) is 5.91 Å². The lowest BCUT2D eigenvalue weighted by Gasteiger charge is -2.34. The van der Waals surface area contributed by atoms with Gasteiger partial charge >= 0.3 is 0 Å². The molecule has 31 heavy (non-hydrogen) atoms. The molecule has 164 valence electrons. The first-order valence-electron chi connectivity index (χ1n) is 10.6. The fourth-order valence-corrected chi connectivity index (χ4v) is 4.79. The van der Waals surface area contributed by atoms with E-state index in [9.17, 15) is 4.79 Å². The van der Waals surface area contributed by atoms with E-state index in [1.165, 1.54) is 29.9 Å². The van der Waals surface area contributed by atoms with Gasteiger partial charge in [-0.3, -0.25) is 14.6 Å². The molecule has 0 unspecified atom stereocenters. The van der Waals surface area contributed by atoms with Gasteiger partial charge in [-0.25, -0.2) is 0 Å². The zero-order valence-electron chi connectivity index (χ0n) is 17.6. The van der Waals surface area contributed by atoms with Crippen molar-refractivity contribution in [1.29, 1.82) is 0 Å². The van der Waals surface area contributed by atoms with E-state index in [1.54, 1.807) is 24.9 Å². The Kier molecular flexibility index (Phi) is 5.49. The standard InChI is InChI=1S/C21H26N6O3S/c1-27-18(7-15(25-27)10-29-2)20(28)22-19-8-17(23-24-19)14-5-12(6-14)9-30-21-16(11-31-26-21)13-3-4-13/h7-8,11-14H,3-6,9-10H2,1-2H3,(H2,22,23,24,28)/t12-,14+. The zero-order chi connectivity index (χ0) is 21.4. The van der Waals surface area contributed by atoms with Crippen LogP contribution in [0.4, 0.5) is 5.82 Å². The number of aromatic amines is 1. The van der Waals surface area contributed by atoms with Gasteiger partial charge in [0, 0.05) is 42.8 Å². The van der Waals surface area contributed by atoms with Crippen LogP contribution in [0.1, 0.15) is 65.0 Å². The third-order valence-corrected chi connectivity index (χ3v) is 6.64. The molecule has 1 amide bonds. The number of amides is 1. The van der Waals surface area contributed by atoms with Gasteiger partial charge in [0.15, 0.2) is 5.82 Å². The second kappa shape index (κ2) is 8.43. The number of anilines is 1. The Balaban J connectivity index is 1.11. The van der Waals surface area contributed by atoms with Crippen LogP contribution in [0.3, 0.4) is 0 Å². The molecule has 3 aromatic rings. The van der Waals surface area contributed by atoms with Crippen LogP contribution in [-0.2, 0) is 18.4 Å². The van der Waals surface area contributed by atoms with E-state index in [1.807, 2.05) is 6.07 Å². The van der Waals surface area contributed by atoms with Crippen LogP contribution < -0.4 is 10.1 Å². The minimum absolute atomic E-state index is 0.245. The smallest absolute Gasteiger partial charge is 0.275 e. The molecule has 3 aromatic heterocycles. The molecule has 2 N–H and O–H groups in total. The van der Waals surface area contributed by atoms with Crippen molar-refractivity contribution in [2.24, 2.45) is 13.0 Å². The molecule has 5 rings (SSSR count). The van der Waals surface area contributed by atoms with Crippen molar-refractivity contribution >= 4 is 23.3 Å². The van der Waals surface area contributed by atoms with Crippen molar-refractivity contribution in [2.75, 3.05) is 19.0 Å². The van der Waals surface area contributed by atoms with Crippen molar-refractivity contribution < 1.29 is 14.3 Å². The number of ether oxygens (including phenoxy) is 2. The molecule has 2 aliphatic rings. The molecule has 2 aliphatic carbocycles. The highest BCUT2D eigenvalue weighted by Crippen LogP contribution is 2.46. The summed E-state index contributed by atoms with van der Waals surface area (Å²) in [4.78, 5) is 12.6. The number of carbonyl (C=O) groups is 1. The van der Waals surface area contributed by atoms with Crippen LogP contribution in [0.5, 0.6) is 5.88 Å². The van der Waals surface area contributed by atoms with Crippen LogP contribution in [0.25, 0.3) is 0 Å². The Labute approximate surface area is 184 Å². The summed E-state index contributed by atoms with van der Waals surface area (Å²) < 4.78 is 17.0. The van der Waals surface area contributed by atoms with Gasteiger partial charge in [-0.2, -0.15) is 14.6 Å². The van der Waals surface area contributed by atoms with Crippen LogP contribution in [-0.4, -0.2) is 44.0 Å². The lowest BCUT2D eigenvalue weighted by molar-refractivity contribution is 0.101. The normalized spacial score (nSPS) is 20.5. The largest absolute Gasteiger partial charge is 0.477 e. The summed E-state index contributed by atoms with van der Waals surface area (Å²) in [5, 5.41) is 16.6. The van der Waals surface area contributed by atoms with Crippen molar-refractivity contribution in [3.05, 3.63) is 40.2 Å². The number of aromatic nitrogens is 5. The number of H-pyrrole nitrogens is 1. The molecular formula is C21H26N6O3S. The van der Waals surface area contributed by atoms with E-state index in [0.29, 0.717) is 48.2 Å². The van der Waals surface area contributed by atoms with E-state index in [4.69, 9.17) is 9.47 Å². The van der Waals surface area contributed by atoms with E-state index in [2.05, 4.69) is 30.4 Å². The highest BCUT2D eigenvalue weighted by atomic mass is 32.1. The number of nitrogens with one attached hydrogen (secondary N) is 2. The third kappa shape index (κ3) is 4.35. The van der Waals surface area contributed by atoms with E-state index in [0.717, 1.165) is 24.4 Å². The maximum atomic E-state index is 12.6. The zero-order valence-corrected chi connectivity index (χ0v) is 18.4. The average Bonchev–Trinajstić information content (AvgIpc) is 3.09. The Morgan fingerprint density at radius 1 is 1.32 bits per heavy atom. The molecule has 2 saturated carbocycles. The third-order valence-electron chi connectivity index (χ3n) is 6.01. The summed E-state index contributed by atoms with van der Waals surface area (Å²) >= 11 is 1.49. The Morgan fingerprint density at radius 2 is 2.16 bits per heavy atom. The average molecular weight is 443 g/mol. The number of aryl methyl sites for hydroxylation is 1. The van der Waals surface area contributed by atoms with Crippen LogP contribution in [0, 0.1) is 5.92 Å². The highest BCUT2D eigenvalue weighted by Gasteiger charge is 2.34. The summed E-state index contributed by atoms with van der Waals surface area (Å²) in [5.74, 6) is 2.71. The predicted octanol–water partition coefficient (Wildman–Crippen LogP) is 3.45. The second-order valence-electron chi connectivity index (χ2n) is 8.43. The Bertz CT molecular complexity index is 1060.